The minimum Gasteiger partial charge on any atom is -0.273 e. The lowest BCUT2D eigenvalue weighted by molar-refractivity contribution is -0.125. The van der Waals surface area contributed by atoms with Crippen LogP contribution >= 0.6 is 0 Å². The van der Waals surface area contributed by atoms with E-state index < -0.39 is 15.9 Å². The van der Waals surface area contributed by atoms with Crippen molar-refractivity contribution in [2.45, 2.75) is 31.1 Å². The standard InChI is InChI=1S/C24H23NO3S/c1-17-7-11-19(12-8-17)23-16-25(24(26)15-20-5-3-4-6-22(20)23)29(27,28)21-13-9-18(2)10-14-21/h3-14,23H,15-16H2,1-2H3. The second-order valence-corrected chi connectivity index (χ2v) is 9.44. The Morgan fingerprint density at radius 2 is 1.41 bits per heavy atom. The molecule has 1 amide bonds. The summed E-state index contributed by atoms with van der Waals surface area (Å²) in [4.78, 5) is 13.2. The maximum Gasteiger partial charge on any atom is 0.266 e. The highest BCUT2D eigenvalue weighted by molar-refractivity contribution is 7.89. The summed E-state index contributed by atoms with van der Waals surface area (Å²) in [5, 5.41) is 0. The van der Waals surface area contributed by atoms with Gasteiger partial charge in [-0.3, -0.25) is 4.79 Å². The summed E-state index contributed by atoms with van der Waals surface area (Å²) in [5.74, 6) is -0.605. The molecule has 1 heterocycles. The molecule has 4 rings (SSSR count). The Balaban J connectivity index is 1.82. The fourth-order valence-electron chi connectivity index (χ4n) is 3.81. The molecular formula is C24H23NO3S. The number of sulfonamides is 1. The molecule has 29 heavy (non-hydrogen) atoms. The zero-order valence-electron chi connectivity index (χ0n) is 16.5. The second kappa shape index (κ2) is 7.48. The van der Waals surface area contributed by atoms with Crippen LogP contribution in [0.25, 0.3) is 0 Å². The summed E-state index contributed by atoms with van der Waals surface area (Å²) in [6, 6.07) is 22.4. The molecule has 0 bridgehead atoms. The second-order valence-electron chi connectivity index (χ2n) is 7.58. The fraction of sp³-hybridized carbons (Fsp3) is 0.208. The molecule has 0 radical (unpaired) electrons. The molecule has 0 aromatic heterocycles. The Hall–Kier alpha value is -2.92. The molecule has 4 nitrogen and oxygen atoms in total. The van der Waals surface area contributed by atoms with Crippen molar-refractivity contribution in [2.75, 3.05) is 6.54 Å². The number of aryl methyl sites for hydroxylation is 2. The number of carbonyl (C=O) groups excluding carboxylic acids is 1. The van der Waals surface area contributed by atoms with Crippen LogP contribution in [0, 0.1) is 13.8 Å². The van der Waals surface area contributed by atoms with Gasteiger partial charge in [0.25, 0.3) is 10.0 Å². The van der Waals surface area contributed by atoms with E-state index in [4.69, 9.17) is 0 Å². The van der Waals surface area contributed by atoms with Crippen LogP contribution in [0.4, 0.5) is 0 Å². The van der Waals surface area contributed by atoms with Crippen LogP contribution in [0.1, 0.15) is 33.7 Å². The zero-order valence-corrected chi connectivity index (χ0v) is 17.3. The third-order valence-corrected chi connectivity index (χ3v) is 7.29. The summed E-state index contributed by atoms with van der Waals surface area (Å²) >= 11 is 0. The van der Waals surface area contributed by atoms with Crippen LogP contribution in [0.3, 0.4) is 0 Å². The topological polar surface area (TPSA) is 54.5 Å². The average molecular weight is 406 g/mol. The predicted octanol–water partition coefficient (Wildman–Crippen LogP) is 4.21. The smallest absolute Gasteiger partial charge is 0.266 e. The average Bonchev–Trinajstić information content (AvgIpc) is 2.85. The highest BCUT2D eigenvalue weighted by Gasteiger charge is 2.36. The Bertz CT molecular complexity index is 1150. The third kappa shape index (κ3) is 3.70. The van der Waals surface area contributed by atoms with Gasteiger partial charge in [0.2, 0.25) is 5.91 Å². The van der Waals surface area contributed by atoms with Crippen LogP contribution in [-0.2, 0) is 21.2 Å². The number of amides is 1. The van der Waals surface area contributed by atoms with E-state index in [1.54, 1.807) is 24.3 Å². The van der Waals surface area contributed by atoms with Crippen LogP contribution in [0.2, 0.25) is 0 Å². The van der Waals surface area contributed by atoms with Gasteiger partial charge in [0.05, 0.1) is 11.3 Å². The van der Waals surface area contributed by atoms with Crippen LogP contribution in [0.5, 0.6) is 0 Å². The predicted molar refractivity (Wildman–Crippen MR) is 113 cm³/mol. The quantitative estimate of drug-likeness (QED) is 0.656. The third-order valence-electron chi connectivity index (χ3n) is 5.49. The van der Waals surface area contributed by atoms with Crippen molar-refractivity contribution in [1.82, 2.24) is 4.31 Å². The van der Waals surface area contributed by atoms with Gasteiger partial charge in [-0.2, -0.15) is 0 Å². The van der Waals surface area contributed by atoms with Gasteiger partial charge in [0.15, 0.2) is 0 Å². The van der Waals surface area contributed by atoms with Gasteiger partial charge in [-0.1, -0.05) is 71.8 Å². The van der Waals surface area contributed by atoms with Crippen LogP contribution in [-0.4, -0.2) is 25.2 Å². The summed E-state index contributed by atoms with van der Waals surface area (Å²) in [6.07, 6.45) is 0.0730. The Labute approximate surface area is 171 Å². The van der Waals surface area contributed by atoms with Crippen molar-refractivity contribution >= 4 is 15.9 Å². The number of fused-ring (bicyclic) bond motifs is 1. The summed E-state index contributed by atoms with van der Waals surface area (Å²) in [5.41, 5.74) is 4.99. The largest absolute Gasteiger partial charge is 0.273 e. The lowest BCUT2D eigenvalue weighted by Crippen LogP contribution is -2.39. The summed E-state index contributed by atoms with van der Waals surface area (Å²) < 4.78 is 27.8. The fourth-order valence-corrected chi connectivity index (χ4v) is 5.22. The molecule has 3 aromatic carbocycles. The molecule has 0 saturated carbocycles. The van der Waals surface area contributed by atoms with Gasteiger partial charge in [-0.15, -0.1) is 0 Å². The van der Waals surface area contributed by atoms with E-state index in [2.05, 4.69) is 0 Å². The minimum atomic E-state index is -3.93. The summed E-state index contributed by atoms with van der Waals surface area (Å²) in [6.45, 7) is 4.01. The first-order valence-electron chi connectivity index (χ1n) is 9.63. The number of hydrogen-bond acceptors (Lipinski definition) is 3. The zero-order chi connectivity index (χ0) is 20.6. The number of carbonyl (C=O) groups is 1. The van der Waals surface area contributed by atoms with E-state index in [1.807, 2.05) is 62.4 Å². The number of nitrogens with zero attached hydrogens (tertiary/aromatic N) is 1. The lowest BCUT2D eigenvalue weighted by atomic mass is 9.88. The number of rotatable bonds is 3. The Kier molecular flexibility index (Phi) is 5.01. The van der Waals surface area contributed by atoms with Crippen molar-refractivity contribution in [1.29, 1.82) is 0 Å². The maximum absolute atomic E-state index is 13.3. The molecular weight excluding hydrogens is 382 g/mol. The monoisotopic (exact) mass is 405 g/mol. The van der Waals surface area contributed by atoms with Crippen molar-refractivity contribution in [3.05, 3.63) is 101 Å². The Morgan fingerprint density at radius 3 is 2.07 bits per heavy atom. The maximum atomic E-state index is 13.3. The first-order chi connectivity index (χ1) is 13.9. The van der Waals surface area contributed by atoms with E-state index in [9.17, 15) is 13.2 Å². The first-order valence-corrected chi connectivity index (χ1v) is 11.1. The molecule has 0 saturated heterocycles. The summed E-state index contributed by atoms with van der Waals surface area (Å²) in [7, 11) is -3.93. The molecule has 1 unspecified atom stereocenters. The van der Waals surface area contributed by atoms with E-state index >= 15 is 0 Å². The molecule has 0 aliphatic carbocycles. The van der Waals surface area contributed by atoms with Gasteiger partial charge in [-0.25, -0.2) is 12.7 Å². The number of benzene rings is 3. The molecule has 0 spiro atoms. The molecule has 1 aliphatic heterocycles. The van der Waals surface area contributed by atoms with Crippen molar-refractivity contribution in [3.63, 3.8) is 0 Å². The molecule has 0 fully saturated rings. The van der Waals surface area contributed by atoms with Crippen molar-refractivity contribution in [2.24, 2.45) is 0 Å². The normalized spacial score (nSPS) is 17.0. The SMILES string of the molecule is Cc1ccc(C2CN(S(=O)(=O)c3ccc(C)cc3)C(=O)Cc3ccccc32)cc1. The van der Waals surface area contributed by atoms with Crippen molar-refractivity contribution in [3.8, 4) is 0 Å². The van der Waals surface area contributed by atoms with E-state index in [-0.39, 0.29) is 23.8 Å². The molecule has 3 aromatic rings. The molecule has 1 aliphatic rings. The van der Waals surface area contributed by atoms with E-state index in [1.165, 1.54) is 0 Å². The lowest BCUT2D eigenvalue weighted by Gasteiger charge is -2.25. The minimum absolute atomic E-state index is 0.0730. The molecule has 148 valence electrons. The first kappa shape index (κ1) is 19.4. The van der Waals surface area contributed by atoms with E-state index in [0.717, 1.165) is 32.1 Å². The molecule has 5 heteroatoms. The molecule has 0 N–H and O–H groups in total. The van der Waals surface area contributed by atoms with Gasteiger partial charge in [0, 0.05) is 12.5 Å². The van der Waals surface area contributed by atoms with Gasteiger partial charge in [-0.05, 0) is 42.7 Å². The number of hydrogen-bond donors (Lipinski definition) is 0. The van der Waals surface area contributed by atoms with Crippen molar-refractivity contribution < 1.29 is 13.2 Å². The Morgan fingerprint density at radius 1 is 0.828 bits per heavy atom. The van der Waals surface area contributed by atoms with Gasteiger partial charge >= 0.3 is 0 Å². The van der Waals surface area contributed by atoms with E-state index in [0.29, 0.717) is 0 Å². The highest BCUT2D eigenvalue weighted by atomic mass is 32.2. The highest BCUT2D eigenvalue weighted by Crippen LogP contribution is 2.34. The molecule has 1 atom stereocenters. The van der Waals surface area contributed by atoms with Crippen LogP contribution < -0.4 is 0 Å². The van der Waals surface area contributed by atoms with Gasteiger partial charge in [0.1, 0.15) is 0 Å². The van der Waals surface area contributed by atoms with Gasteiger partial charge < -0.3 is 0 Å². The van der Waals surface area contributed by atoms with Crippen LogP contribution in [0.15, 0.2) is 77.7 Å².